The lowest BCUT2D eigenvalue weighted by molar-refractivity contribution is 0.234. The van der Waals surface area contributed by atoms with Gasteiger partial charge in [0.05, 0.1) is 6.04 Å². The molecule has 2 rings (SSSR count). The minimum atomic E-state index is 0.364. The first-order chi connectivity index (χ1) is 6.79. The molecule has 1 saturated carbocycles. The van der Waals surface area contributed by atoms with Crippen molar-refractivity contribution < 1.29 is 5.21 Å². The van der Waals surface area contributed by atoms with E-state index >= 15 is 0 Å². The molecule has 0 unspecified atom stereocenters. The second kappa shape index (κ2) is 3.98. The number of rotatable bonds is 2. The monoisotopic (exact) mass is 210 g/mol. The summed E-state index contributed by atoms with van der Waals surface area (Å²) >= 11 is 5.83. The van der Waals surface area contributed by atoms with Crippen LogP contribution in [-0.2, 0) is 0 Å². The number of amidine groups is 1. The highest BCUT2D eigenvalue weighted by molar-refractivity contribution is 6.31. The molecule has 0 radical (unpaired) electrons. The number of halogens is 1. The van der Waals surface area contributed by atoms with Crippen molar-refractivity contribution in [1.82, 2.24) is 5.48 Å². The molecule has 4 heteroatoms. The fraction of sp³-hybridized carbons (Fsp3) is 0.300. The van der Waals surface area contributed by atoms with Crippen LogP contribution in [-0.4, -0.2) is 17.1 Å². The van der Waals surface area contributed by atoms with Crippen molar-refractivity contribution >= 4 is 17.4 Å². The Morgan fingerprint density at radius 2 is 2.29 bits per heavy atom. The number of hydrogen-bond donors (Lipinski definition) is 2. The average molecular weight is 211 g/mol. The second-order valence-electron chi connectivity index (χ2n) is 3.33. The molecule has 0 aromatic heterocycles. The third-order valence-corrected chi connectivity index (χ3v) is 2.30. The predicted molar refractivity (Wildman–Crippen MR) is 55.9 cm³/mol. The van der Waals surface area contributed by atoms with E-state index in [1.807, 2.05) is 12.1 Å². The van der Waals surface area contributed by atoms with Gasteiger partial charge in [0, 0.05) is 10.6 Å². The standard InChI is InChI=1S/C10H11ClN2O/c11-8-3-1-2-7(6-8)10(13-14)12-9-4-5-9/h1-3,6,9,14H,4-5H2,(H,12,13). The summed E-state index contributed by atoms with van der Waals surface area (Å²) in [6.07, 6.45) is 2.21. The minimum absolute atomic E-state index is 0.364. The highest BCUT2D eigenvalue weighted by Crippen LogP contribution is 2.24. The molecule has 14 heavy (non-hydrogen) atoms. The van der Waals surface area contributed by atoms with Crippen molar-refractivity contribution in [3.8, 4) is 0 Å². The second-order valence-corrected chi connectivity index (χ2v) is 3.77. The first-order valence-corrected chi connectivity index (χ1v) is 4.91. The van der Waals surface area contributed by atoms with Gasteiger partial charge in [-0.3, -0.25) is 15.7 Å². The Kier molecular flexibility index (Phi) is 2.70. The lowest BCUT2D eigenvalue weighted by atomic mass is 10.2. The Bertz CT molecular complexity index is 361. The minimum Gasteiger partial charge on any atom is -0.290 e. The Morgan fingerprint density at radius 1 is 1.50 bits per heavy atom. The van der Waals surface area contributed by atoms with Gasteiger partial charge in [0.25, 0.3) is 0 Å². The molecule has 3 nitrogen and oxygen atoms in total. The lowest BCUT2D eigenvalue weighted by Gasteiger charge is -2.04. The summed E-state index contributed by atoms with van der Waals surface area (Å²) in [5.41, 5.74) is 2.92. The van der Waals surface area contributed by atoms with E-state index in [2.05, 4.69) is 10.5 Å². The van der Waals surface area contributed by atoms with E-state index in [4.69, 9.17) is 16.8 Å². The smallest absolute Gasteiger partial charge is 0.152 e. The van der Waals surface area contributed by atoms with E-state index in [0.29, 0.717) is 16.9 Å². The molecule has 0 saturated heterocycles. The van der Waals surface area contributed by atoms with Crippen LogP contribution in [0.2, 0.25) is 5.02 Å². The third kappa shape index (κ3) is 2.25. The van der Waals surface area contributed by atoms with Crippen LogP contribution < -0.4 is 5.48 Å². The third-order valence-electron chi connectivity index (χ3n) is 2.06. The quantitative estimate of drug-likeness (QED) is 0.447. The van der Waals surface area contributed by atoms with Gasteiger partial charge in [-0.05, 0) is 25.0 Å². The van der Waals surface area contributed by atoms with Crippen molar-refractivity contribution in [1.29, 1.82) is 0 Å². The zero-order chi connectivity index (χ0) is 9.97. The Balaban J connectivity index is 2.26. The number of benzene rings is 1. The molecule has 1 fully saturated rings. The van der Waals surface area contributed by atoms with E-state index in [-0.39, 0.29) is 0 Å². The van der Waals surface area contributed by atoms with Gasteiger partial charge >= 0.3 is 0 Å². The average Bonchev–Trinajstić information content (AvgIpc) is 2.98. The van der Waals surface area contributed by atoms with Crippen LogP contribution in [0.4, 0.5) is 0 Å². The molecule has 1 aromatic rings. The maximum atomic E-state index is 8.92. The summed E-state index contributed by atoms with van der Waals surface area (Å²) in [5, 5.41) is 9.56. The van der Waals surface area contributed by atoms with Crippen LogP contribution in [0.3, 0.4) is 0 Å². The van der Waals surface area contributed by atoms with Crippen molar-refractivity contribution in [2.24, 2.45) is 4.99 Å². The van der Waals surface area contributed by atoms with E-state index in [1.54, 1.807) is 12.1 Å². The van der Waals surface area contributed by atoms with Crippen molar-refractivity contribution in [2.45, 2.75) is 18.9 Å². The fourth-order valence-electron chi connectivity index (χ4n) is 1.19. The molecular formula is C10H11ClN2O. The van der Waals surface area contributed by atoms with Crippen LogP contribution in [0, 0.1) is 0 Å². The highest BCUT2D eigenvalue weighted by Gasteiger charge is 2.21. The van der Waals surface area contributed by atoms with Crippen molar-refractivity contribution in [3.63, 3.8) is 0 Å². The first kappa shape index (κ1) is 9.49. The highest BCUT2D eigenvalue weighted by atomic mass is 35.5. The van der Waals surface area contributed by atoms with Gasteiger partial charge in [0.1, 0.15) is 0 Å². The molecule has 1 aliphatic carbocycles. The lowest BCUT2D eigenvalue weighted by Crippen LogP contribution is -2.20. The summed E-state index contributed by atoms with van der Waals surface area (Å²) < 4.78 is 0. The molecule has 0 heterocycles. The van der Waals surface area contributed by atoms with E-state index in [0.717, 1.165) is 18.4 Å². The van der Waals surface area contributed by atoms with Crippen LogP contribution in [0.15, 0.2) is 29.3 Å². The number of nitrogens with zero attached hydrogens (tertiary/aromatic N) is 1. The van der Waals surface area contributed by atoms with E-state index < -0.39 is 0 Å². The molecule has 1 aromatic carbocycles. The van der Waals surface area contributed by atoms with Gasteiger partial charge in [0.2, 0.25) is 0 Å². The summed E-state index contributed by atoms with van der Waals surface area (Å²) in [5.74, 6) is 0.495. The van der Waals surface area contributed by atoms with Gasteiger partial charge < -0.3 is 0 Å². The van der Waals surface area contributed by atoms with E-state index in [9.17, 15) is 0 Å². The summed E-state index contributed by atoms with van der Waals surface area (Å²) in [7, 11) is 0. The van der Waals surface area contributed by atoms with Gasteiger partial charge in [-0.15, -0.1) is 0 Å². The molecule has 74 valence electrons. The number of hydrogen-bond acceptors (Lipinski definition) is 2. The number of nitrogens with one attached hydrogen (secondary N) is 1. The van der Waals surface area contributed by atoms with Gasteiger partial charge in [-0.1, -0.05) is 23.7 Å². The Labute approximate surface area is 87.4 Å². The molecular weight excluding hydrogens is 200 g/mol. The molecule has 0 bridgehead atoms. The molecule has 1 aliphatic rings. The molecule has 0 aliphatic heterocycles. The number of hydroxylamine groups is 1. The van der Waals surface area contributed by atoms with Crippen LogP contribution in [0.25, 0.3) is 0 Å². The molecule has 0 amide bonds. The van der Waals surface area contributed by atoms with Gasteiger partial charge in [-0.25, -0.2) is 0 Å². The first-order valence-electron chi connectivity index (χ1n) is 4.53. The Morgan fingerprint density at radius 3 is 2.86 bits per heavy atom. The normalized spacial score (nSPS) is 16.9. The maximum Gasteiger partial charge on any atom is 0.152 e. The maximum absolute atomic E-state index is 8.92. The van der Waals surface area contributed by atoms with Gasteiger partial charge in [-0.2, -0.15) is 0 Å². The fourth-order valence-corrected chi connectivity index (χ4v) is 1.38. The largest absolute Gasteiger partial charge is 0.290 e. The molecule has 0 spiro atoms. The van der Waals surface area contributed by atoms with Crippen molar-refractivity contribution in [2.75, 3.05) is 0 Å². The van der Waals surface area contributed by atoms with Gasteiger partial charge in [0.15, 0.2) is 5.84 Å². The SMILES string of the molecule is ONC(=NC1CC1)c1cccc(Cl)c1. The van der Waals surface area contributed by atoms with Crippen LogP contribution >= 0.6 is 11.6 Å². The summed E-state index contributed by atoms with van der Waals surface area (Å²) in [6, 6.07) is 7.61. The zero-order valence-electron chi connectivity index (χ0n) is 7.57. The summed E-state index contributed by atoms with van der Waals surface area (Å²) in [6.45, 7) is 0. The summed E-state index contributed by atoms with van der Waals surface area (Å²) in [4.78, 5) is 4.31. The van der Waals surface area contributed by atoms with Crippen LogP contribution in [0.5, 0.6) is 0 Å². The Hall–Kier alpha value is -1.06. The zero-order valence-corrected chi connectivity index (χ0v) is 8.33. The topological polar surface area (TPSA) is 44.6 Å². The predicted octanol–water partition coefficient (Wildman–Crippen LogP) is 2.23. The van der Waals surface area contributed by atoms with Crippen LogP contribution in [0.1, 0.15) is 18.4 Å². The van der Waals surface area contributed by atoms with Crippen molar-refractivity contribution in [3.05, 3.63) is 34.9 Å². The van der Waals surface area contributed by atoms with E-state index in [1.165, 1.54) is 0 Å². The number of aliphatic imine (C=N–C) groups is 1. The molecule has 2 N–H and O–H groups in total. The molecule has 0 atom stereocenters.